The van der Waals surface area contributed by atoms with Crippen LogP contribution in [0.3, 0.4) is 0 Å². The monoisotopic (exact) mass is 379 g/mol. The normalized spacial score (nSPS) is 14.1. The number of anilines is 2. The lowest BCUT2D eigenvalue weighted by Crippen LogP contribution is -2.29. The minimum atomic E-state index is -0.158. The summed E-state index contributed by atoms with van der Waals surface area (Å²) in [6.45, 7) is 2.13. The van der Waals surface area contributed by atoms with Crippen molar-refractivity contribution in [3.63, 3.8) is 0 Å². The van der Waals surface area contributed by atoms with Crippen LogP contribution in [-0.4, -0.2) is 44.1 Å². The SMILES string of the molecule is O=C(CCc1nc(-c2ncccn2)no1)Nc1ccc(N2CCCCC2)cn1. The second-order valence-corrected chi connectivity index (χ2v) is 6.58. The fraction of sp³-hybridized carbons (Fsp3) is 0.368. The van der Waals surface area contributed by atoms with Gasteiger partial charge in [0.2, 0.25) is 23.4 Å². The molecule has 4 heterocycles. The van der Waals surface area contributed by atoms with Crippen molar-refractivity contribution < 1.29 is 9.32 Å². The average Bonchev–Trinajstić information content (AvgIpc) is 3.23. The highest BCUT2D eigenvalue weighted by Crippen LogP contribution is 2.20. The lowest BCUT2D eigenvalue weighted by Gasteiger charge is -2.28. The largest absolute Gasteiger partial charge is 0.370 e. The van der Waals surface area contributed by atoms with Crippen molar-refractivity contribution in [2.45, 2.75) is 32.1 Å². The lowest BCUT2D eigenvalue weighted by atomic mass is 10.1. The number of amides is 1. The Labute approximate surface area is 162 Å². The van der Waals surface area contributed by atoms with Gasteiger partial charge >= 0.3 is 0 Å². The maximum absolute atomic E-state index is 12.2. The summed E-state index contributed by atoms with van der Waals surface area (Å²) in [5.74, 6) is 1.44. The molecule has 4 rings (SSSR count). The zero-order valence-electron chi connectivity index (χ0n) is 15.4. The molecule has 0 radical (unpaired) electrons. The maximum atomic E-state index is 12.2. The minimum Gasteiger partial charge on any atom is -0.370 e. The van der Waals surface area contributed by atoms with Gasteiger partial charge in [0.05, 0.1) is 11.9 Å². The molecule has 0 aromatic carbocycles. The first-order valence-electron chi connectivity index (χ1n) is 9.39. The number of rotatable bonds is 6. The van der Waals surface area contributed by atoms with E-state index < -0.39 is 0 Å². The molecule has 1 fully saturated rings. The summed E-state index contributed by atoms with van der Waals surface area (Å²) >= 11 is 0. The summed E-state index contributed by atoms with van der Waals surface area (Å²) in [6, 6.07) is 5.54. The number of piperidine rings is 1. The molecule has 1 aliphatic rings. The molecule has 9 nitrogen and oxygen atoms in total. The zero-order valence-corrected chi connectivity index (χ0v) is 15.4. The maximum Gasteiger partial charge on any atom is 0.240 e. The first kappa shape index (κ1) is 18.0. The zero-order chi connectivity index (χ0) is 19.2. The first-order chi connectivity index (χ1) is 13.8. The van der Waals surface area contributed by atoms with E-state index in [4.69, 9.17) is 4.52 Å². The number of hydrogen-bond acceptors (Lipinski definition) is 8. The van der Waals surface area contributed by atoms with E-state index in [1.54, 1.807) is 18.5 Å². The molecular formula is C19H21N7O2. The molecule has 1 amide bonds. The van der Waals surface area contributed by atoms with Crippen LogP contribution < -0.4 is 10.2 Å². The Bertz CT molecular complexity index is 906. The van der Waals surface area contributed by atoms with Gasteiger partial charge in [-0.1, -0.05) is 5.16 Å². The van der Waals surface area contributed by atoms with Crippen molar-refractivity contribution in [1.29, 1.82) is 0 Å². The minimum absolute atomic E-state index is 0.158. The second kappa shape index (κ2) is 8.55. The summed E-state index contributed by atoms with van der Waals surface area (Å²) in [6.07, 6.45) is 9.29. The Morgan fingerprint density at radius 3 is 2.64 bits per heavy atom. The molecule has 0 aliphatic carbocycles. The van der Waals surface area contributed by atoms with Crippen LogP contribution in [0.5, 0.6) is 0 Å². The summed E-state index contributed by atoms with van der Waals surface area (Å²) in [4.78, 5) is 31.2. The Kier molecular flexibility index (Phi) is 5.51. The van der Waals surface area contributed by atoms with E-state index in [0.29, 0.717) is 29.8 Å². The van der Waals surface area contributed by atoms with Crippen molar-refractivity contribution in [3.05, 3.63) is 42.7 Å². The van der Waals surface area contributed by atoms with Crippen molar-refractivity contribution in [2.24, 2.45) is 0 Å². The number of aryl methyl sites for hydroxylation is 1. The predicted molar refractivity (Wildman–Crippen MR) is 103 cm³/mol. The van der Waals surface area contributed by atoms with Crippen molar-refractivity contribution in [2.75, 3.05) is 23.3 Å². The van der Waals surface area contributed by atoms with Crippen molar-refractivity contribution in [3.8, 4) is 11.6 Å². The topological polar surface area (TPSA) is 110 Å². The van der Waals surface area contributed by atoms with Crippen molar-refractivity contribution in [1.82, 2.24) is 25.1 Å². The number of pyridine rings is 1. The van der Waals surface area contributed by atoms with Gasteiger partial charge in [0.25, 0.3) is 0 Å². The third-order valence-corrected chi connectivity index (χ3v) is 4.54. The van der Waals surface area contributed by atoms with Gasteiger partial charge in [-0.05, 0) is 37.5 Å². The summed E-state index contributed by atoms with van der Waals surface area (Å²) in [5, 5.41) is 6.64. The highest BCUT2D eigenvalue weighted by Gasteiger charge is 2.14. The third-order valence-electron chi connectivity index (χ3n) is 4.54. The van der Waals surface area contributed by atoms with E-state index in [1.165, 1.54) is 19.3 Å². The van der Waals surface area contributed by atoms with Gasteiger partial charge in [-0.3, -0.25) is 4.79 Å². The Balaban J connectivity index is 1.28. The second-order valence-electron chi connectivity index (χ2n) is 6.58. The molecule has 144 valence electrons. The van der Waals surface area contributed by atoms with Gasteiger partial charge in [0.1, 0.15) is 5.82 Å². The van der Waals surface area contributed by atoms with E-state index in [9.17, 15) is 4.79 Å². The Morgan fingerprint density at radius 1 is 1.07 bits per heavy atom. The van der Waals surface area contributed by atoms with Gasteiger partial charge in [0, 0.05) is 38.3 Å². The van der Waals surface area contributed by atoms with Gasteiger partial charge in [0.15, 0.2) is 0 Å². The molecule has 1 saturated heterocycles. The van der Waals surface area contributed by atoms with E-state index in [0.717, 1.165) is 18.8 Å². The summed E-state index contributed by atoms with van der Waals surface area (Å²) in [5.41, 5.74) is 1.10. The molecule has 0 saturated carbocycles. The molecular weight excluding hydrogens is 358 g/mol. The van der Waals surface area contributed by atoms with Crippen LogP contribution in [0, 0.1) is 0 Å². The molecule has 1 aliphatic heterocycles. The summed E-state index contributed by atoms with van der Waals surface area (Å²) < 4.78 is 5.16. The molecule has 9 heteroatoms. The van der Waals surface area contributed by atoms with E-state index >= 15 is 0 Å². The van der Waals surface area contributed by atoms with Crippen molar-refractivity contribution >= 4 is 17.4 Å². The number of nitrogens with zero attached hydrogens (tertiary/aromatic N) is 6. The lowest BCUT2D eigenvalue weighted by molar-refractivity contribution is -0.116. The standard InChI is InChI=1S/C19H21N7O2/c27-16(7-8-17-24-19(25-28-17)18-20-9-4-10-21-18)23-15-6-5-14(13-22-15)26-11-2-1-3-12-26/h4-6,9-10,13H,1-3,7-8,11-12H2,(H,22,23,27). The molecule has 1 N–H and O–H groups in total. The highest BCUT2D eigenvalue weighted by molar-refractivity contribution is 5.89. The van der Waals surface area contributed by atoms with Crippen LogP contribution >= 0.6 is 0 Å². The number of nitrogens with one attached hydrogen (secondary N) is 1. The molecule has 3 aromatic heterocycles. The van der Waals surface area contributed by atoms with Gasteiger partial charge in [-0.15, -0.1) is 0 Å². The summed E-state index contributed by atoms with van der Waals surface area (Å²) in [7, 11) is 0. The third kappa shape index (κ3) is 4.48. The number of hydrogen-bond donors (Lipinski definition) is 1. The molecule has 3 aromatic rings. The van der Waals surface area contributed by atoms with Crippen LogP contribution in [-0.2, 0) is 11.2 Å². The smallest absolute Gasteiger partial charge is 0.240 e. The molecule has 28 heavy (non-hydrogen) atoms. The van der Waals surface area contributed by atoms with E-state index in [1.807, 2.05) is 18.3 Å². The van der Waals surface area contributed by atoms with Gasteiger partial charge in [-0.25, -0.2) is 15.0 Å². The first-order valence-corrected chi connectivity index (χ1v) is 9.39. The average molecular weight is 379 g/mol. The fourth-order valence-corrected chi connectivity index (χ4v) is 3.09. The molecule has 0 atom stereocenters. The number of carbonyl (C=O) groups excluding carboxylic acids is 1. The Hall–Kier alpha value is -3.36. The van der Waals surface area contributed by atoms with Crippen LogP contribution in [0.4, 0.5) is 11.5 Å². The van der Waals surface area contributed by atoms with E-state index in [-0.39, 0.29) is 12.3 Å². The number of carbonyl (C=O) groups is 1. The quantitative estimate of drug-likeness (QED) is 0.695. The van der Waals surface area contributed by atoms with Crippen LogP contribution in [0.2, 0.25) is 0 Å². The van der Waals surface area contributed by atoms with Gasteiger partial charge < -0.3 is 14.7 Å². The number of aromatic nitrogens is 5. The van der Waals surface area contributed by atoms with Crippen LogP contribution in [0.25, 0.3) is 11.6 Å². The predicted octanol–water partition coefficient (Wildman–Crippen LogP) is 2.48. The fourth-order valence-electron chi connectivity index (χ4n) is 3.09. The Morgan fingerprint density at radius 2 is 1.89 bits per heavy atom. The molecule has 0 bridgehead atoms. The van der Waals surface area contributed by atoms with Crippen LogP contribution in [0.1, 0.15) is 31.6 Å². The van der Waals surface area contributed by atoms with Crippen LogP contribution in [0.15, 0.2) is 41.3 Å². The van der Waals surface area contributed by atoms with Gasteiger partial charge in [-0.2, -0.15) is 4.98 Å². The van der Waals surface area contributed by atoms with E-state index in [2.05, 4.69) is 35.3 Å². The highest BCUT2D eigenvalue weighted by atomic mass is 16.5. The molecule has 0 unspecified atom stereocenters. The molecule has 0 spiro atoms.